The van der Waals surface area contributed by atoms with E-state index in [9.17, 15) is 0 Å². The van der Waals surface area contributed by atoms with Crippen LogP contribution in [0.5, 0.6) is 0 Å². The van der Waals surface area contributed by atoms with Crippen molar-refractivity contribution in [1.29, 1.82) is 0 Å². The number of anilines is 1. The number of nitrogen functional groups attached to an aromatic ring is 1. The molecule has 1 aromatic carbocycles. The summed E-state index contributed by atoms with van der Waals surface area (Å²) in [6.45, 7) is 7.98. The van der Waals surface area contributed by atoms with Crippen molar-refractivity contribution >= 4 is 5.82 Å². The molecule has 0 aliphatic carbocycles. The van der Waals surface area contributed by atoms with Gasteiger partial charge in [-0.3, -0.25) is 0 Å². The molecule has 0 aliphatic heterocycles. The molecule has 2 aromatic heterocycles. The fraction of sp³-hybridized carbons (Fsp3) is 0.235. The molecule has 0 atom stereocenters. The minimum Gasteiger partial charge on any atom is -0.383 e. The lowest BCUT2D eigenvalue weighted by Gasteiger charge is -2.12. The van der Waals surface area contributed by atoms with Gasteiger partial charge in [-0.15, -0.1) is 0 Å². The summed E-state index contributed by atoms with van der Waals surface area (Å²) in [6.07, 6.45) is 1.75. The molecule has 0 aliphatic rings. The number of rotatable bonds is 2. The van der Waals surface area contributed by atoms with Crippen LogP contribution < -0.4 is 5.73 Å². The van der Waals surface area contributed by atoms with Crippen LogP contribution >= 0.6 is 0 Å². The van der Waals surface area contributed by atoms with Crippen LogP contribution in [0.25, 0.3) is 17.1 Å². The highest BCUT2D eigenvalue weighted by atomic mass is 15.3. The average Bonchev–Trinajstić information content (AvgIpc) is 2.81. The highest BCUT2D eigenvalue weighted by molar-refractivity contribution is 5.69. The molecule has 2 N–H and O–H groups in total. The number of nitrogens with zero attached hydrogens (tertiary/aromatic N) is 4. The van der Waals surface area contributed by atoms with Crippen molar-refractivity contribution in [2.24, 2.45) is 0 Å². The number of aromatic nitrogens is 4. The van der Waals surface area contributed by atoms with Crippen LogP contribution in [0.3, 0.4) is 0 Å². The van der Waals surface area contributed by atoms with Crippen molar-refractivity contribution in [1.82, 2.24) is 19.7 Å². The Balaban J connectivity index is 2.24. The maximum absolute atomic E-state index is 5.94. The first-order valence-corrected chi connectivity index (χ1v) is 7.19. The van der Waals surface area contributed by atoms with Gasteiger partial charge in [-0.1, -0.05) is 6.07 Å². The lowest BCUT2D eigenvalue weighted by atomic mass is 10.1. The van der Waals surface area contributed by atoms with Gasteiger partial charge < -0.3 is 5.73 Å². The van der Waals surface area contributed by atoms with Gasteiger partial charge in [0, 0.05) is 23.0 Å². The summed E-state index contributed by atoms with van der Waals surface area (Å²) in [5, 5.41) is 4.58. The predicted molar refractivity (Wildman–Crippen MR) is 88.0 cm³/mol. The zero-order valence-corrected chi connectivity index (χ0v) is 13.3. The van der Waals surface area contributed by atoms with Gasteiger partial charge >= 0.3 is 0 Å². The molecule has 2 heterocycles. The second kappa shape index (κ2) is 5.26. The summed E-state index contributed by atoms with van der Waals surface area (Å²) in [5.74, 6) is 1.12. The predicted octanol–water partition coefficient (Wildman–Crippen LogP) is 3.15. The Morgan fingerprint density at radius 3 is 2.45 bits per heavy atom. The zero-order chi connectivity index (χ0) is 15.9. The molecule has 0 amide bonds. The number of benzene rings is 1. The van der Waals surface area contributed by atoms with Crippen molar-refractivity contribution in [3.05, 3.63) is 53.0 Å². The van der Waals surface area contributed by atoms with Crippen molar-refractivity contribution in [3.8, 4) is 17.1 Å². The Morgan fingerprint density at radius 1 is 1.05 bits per heavy atom. The van der Waals surface area contributed by atoms with Crippen molar-refractivity contribution in [3.63, 3.8) is 0 Å². The van der Waals surface area contributed by atoms with E-state index >= 15 is 0 Å². The second-order valence-corrected chi connectivity index (χ2v) is 5.62. The number of aryl methyl sites for hydroxylation is 4. The minimum atomic E-state index is 0.505. The van der Waals surface area contributed by atoms with Crippen LogP contribution in [-0.4, -0.2) is 19.7 Å². The largest absolute Gasteiger partial charge is 0.383 e. The van der Waals surface area contributed by atoms with E-state index < -0.39 is 0 Å². The third-order valence-corrected chi connectivity index (χ3v) is 3.64. The number of hydrogen-bond donors (Lipinski definition) is 1. The van der Waals surface area contributed by atoms with Gasteiger partial charge in [0.2, 0.25) is 0 Å². The second-order valence-electron chi connectivity index (χ2n) is 5.62. The monoisotopic (exact) mass is 293 g/mol. The molecule has 0 saturated carbocycles. The maximum atomic E-state index is 5.94. The Labute approximate surface area is 129 Å². The average molecular weight is 293 g/mol. The third kappa shape index (κ3) is 2.45. The molecule has 0 radical (unpaired) electrons. The van der Waals surface area contributed by atoms with Gasteiger partial charge in [-0.05, 0) is 51.5 Å². The molecule has 5 heteroatoms. The van der Waals surface area contributed by atoms with E-state index in [1.165, 1.54) is 0 Å². The van der Waals surface area contributed by atoms with Crippen LogP contribution in [-0.2, 0) is 0 Å². The number of nitrogens with two attached hydrogens (primary N) is 1. The molecule has 22 heavy (non-hydrogen) atoms. The Hall–Kier alpha value is -2.69. The lowest BCUT2D eigenvalue weighted by molar-refractivity contribution is 0.832. The van der Waals surface area contributed by atoms with Crippen molar-refractivity contribution < 1.29 is 0 Å². The van der Waals surface area contributed by atoms with Crippen LogP contribution in [0, 0.1) is 27.7 Å². The fourth-order valence-corrected chi connectivity index (χ4v) is 2.46. The van der Waals surface area contributed by atoms with Crippen LogP contribution in [0.1, 0.15) is 22.5 Å². The normalized spacial score (nSPS) is 10.9. The van der Waals surface area contributed by atoms with Crippen LogP contribution in [0.15, 0.2) is 30.5 Å². The summed E-state index contributed by atoms with van der Waals surface area (Å²) in [5.41, 5.74) is 11.9. The summed E-state index contributed by atoms with van der Waals surface area (Å²) in [4.78, 5) is 8.85. The maximum Gasteiger partial charge on any atom is 0.163 e. The van der Waals surface area contributed by atoms with Gasteiger partial charge in [0.25, 0.3) is 0 Å². The molecule has 112 valence electrons. The smallest absolute Gasteiger partial charge is 0.163 e. The summed E-state index contributed by atoms with van der Waals surface area (Å²) in [7, 11) is 0. The molecule has 0 saturated heterocycles. The van der Waals surface area contributed by atoms with E-state index in [2.05, 4.69) is 34.1 Å². The summed E-state index contributed by atoms with van der Waals surface area (Å²) >= 11 is 0. The first-order valence-electron chi connectivity index (χ1n) is 7.19. The van der Waals surface area contributed by atoms with Gasteiger partial charge in [-0.2, -0.15) is 5.10 Å². The molecule has 3 rings (SSSR count). The highest BCUT2D eigenvalue weighted by Crippen LogP contribution is 2.27. The van der Waals surface area contributed by atoms with Gasteiger partial charge in [0.15, 0.2) is 5.82 Å². The zero-order valence-electron chi connectivity index (χ0n) is 13.3. The quantitative estimate of drug-likeness (QED) is 0.788. The fourth-order valence-electron chi connectivity index (χ4n) is 2.46. The summed E-state index contributed by atoms with van der Waals surface area (Å²) < 4.78 is 1.93. The van der Waals surface area contributed by atoms with Gasteiger partial charge in [-0.25, -0.2) is 14.6 Å². The van der Waals surface area contributed by atoms with Gasteiger partial charge in [0.1, 0.15) is 5.82 Å². The van der Waals surface area contributed by atoms with Crippen molar-refractivity contribution in [2.45, 2.75) is 27.7 Å². The molecular formula is C17H19N5. The summed E-state index contributed by atoms with van der Waals surface area (Å²) in [6, 6.07) is 8.21. The van der Waals surface area contributed by atoms with Crippen LogP contribution in [0.2, 0.25) is 0 Å². The van der Waals surface area contributed by atoms with Gasteiger partial charge in [0.05, 0.1) is 11.4 Å². The Kier molecular flexibility index (Phi) is 3.41. The number of hydrogen-bond acceptors (Lipinski definition) is 4. The first-order chi connectivity index (χ1) is 10.5. The molecular weight excluding hydrogens is 274 g/mol. The molecule has 0 fully saturated rings. The van der Waals surface area contributed by atoms with E-state index in [-0.39, 0.29) is 0 Å². The van der Waals surface area contributed by atoms with E-state index in [0.29, 0.717) is 11.6 Å². The molecule has 0 spiro atoms. The van der Waals surface area contributed by atoms with E-state index in [0.717, 1.165) is 33.8 Å². The van der Waals surface area contributed by atoms with Crippen molar-refractivity contribution in [2.75, 3.05) is 5.73 Å². The van der Waals surface area contributed by atoms with E-state index in [4.69, 9.17) is 5.73 Å². The molecule has 3 aromatic rings. The topological polar surface area (TPSA) is 69.6 Å². The minimum absolute atomic E-state index is 0.505. The SMILES string of the molecule is Cc1ccc(-c2ncc(C)c(N)n2)c(-n2nc(C)cc2C)c1. The molecule has 0 unspecified atom stereocenters. The van der Waals surface area contributed by atoms with E-state index in [1.54, 1.807) is 6.20 Å². The Morgan fingerprint density at radius 2 is 1.82 bits per heavy atom. The molecule has 5 nitrogen and oxygen atoms in total. The molecule has 0 bridgehead atoms. The Bertz CT molecular complexity index is 848. The first kappa shape index (κ1) is 14.3. The van der Waals surface area contributed by atoms with E-state index in [1.807, 2.05) is 37.6 Å². The third-order valence-electron chi connectivity index (χ3n) is 3.64. The standard InChI is InChI=1S/C17H19N5/c1-10-5-6-14(17-19-9-11(2)16(18)20-17)15(7-10)22-13(4)8-12(3)21-22/h5-9H,1-4H3,(H2,18,19,20). The van der Waals surface area contributed by atoms with Crippen LogP contribution in [0.4, 0.5) is 5.82 Å². The lowest BCUT2D eigenvalue weighted by Crippen LogP contribution is -2.05. The highest BCUT2D eigenvalue weighted by Gasteiger charge is 2.14.